The molecule has 198 valence electrons. The number of carbonyl (C=O) groups excluding carboxylic acids is 2. The number of hydrogen-bond donors (Lipinski definition) is 1. The second-order valence-electron chi connectivity index (χ2n) is 9.52. The van der Waals surface area contributed by atoms with Gasteiger partial charge in [-0.15, -0.1) is 0 Å². The molecule has 38 heavy (non-hydrogen) atoms. The summed E-state index contributed by atoms with van der Waals surface area (Å²) in [5.41, 5.74) is 2.91. The molecule has 0 bridgehead atoms. The third-order valence-electron chi connectivity index (χ3n) is 6.82. The smallest absolute Gasteiger partial charge is 0.256 e. The number of halogens is 1. The van der Waals surface area contributed by atoms with Crippen molar-refractivity contribution in [2.45, 2.75) is 38.8 Å². The number of hydrogen-bond acceptors (Lipinski definition) is 8. The minimum Gasteiger partial charge on any atom is -0.481 e. The lowest BCUT2D eigenvalue weighted by Gasteiger charge is -2.21. The van der Waals surface area contributed by atoms with E-state index >= 15 is 0 Å². The number of fused-ring (bicyclic) bond motifs is 1. The first-order chi connectivity index (χ1) is 18.4. The largest absolute Gasteiger partial charge is 0.481 e. The van der Waals surface area contributed by atoms with Crippen LogP contribution in [0.1, 0.15) is 53.4 Å². The predicted molar refractivity (Wildman–Crippen MR) is 140 cm³/mol. The summed E-state index contributed by atoms with van der Waals surface area (Å²) in [7, 11) is 1.54. The third-order valence-corrected chi connectivity index (χ3v) is 7.09. The van der Waals surface area contributed by atoms with Gasteiger partial charge >= 0.3 is 0 Å². The number of nitrogens with one attached hydrogen (secondary N) is 1. The van der Waals surface area contributed by atoms with E-state index in [0.717, 1.165) is 32.5 Å². The lowest BCUT2D eigenvalue weighted by Crippen LogP contribution is -2.38. The van der Waals surface area contributed by atoms with Crippen molar-refractivity contribution in [1.82, 2.24) is 30.2 Å². The van der Waals surface area contributed by atoms with Crippen molar-refractivity contribution in [1.29, 1.82) is 0 Å². The average Bonchev–Trinajstić information content (AvgIpc) is 3.24. The lowest BCUT2D eigenvalue weighted by atomic mass is 9.96. The standard InChI is InChI=1S/C27H29ClN6O4/c1-16(21-4-3-5-25(32-21)37-2)31-24(35)15-34-14-22-19(27(34)36)11-18(12-29-22)26-20(28)13-30-23(33-26)10-17-6-8-38-9-7-17/h3-5,11-13,16-17H,6-10,14-15H2,1-2H3,(H,31,35)/t16-/m1/s1. The number of pyridine rings is 2. The first-order valence-corrected chi connectivity index (χ1v) is 13.0. The van der Waals surface area contributed by atoms with Crippen molar-refractivity contribution >= 4 is 23.4 Å². The SMILES string of the molecule is COc1cccc([C@@H](C)NC(=O)CN2Cc3ncc(-c4nc(CC5CCOCC5)ncc4Cl)cc3C2=O)n1. The zero-order chi connectivity index (χ0) is 26.6. The van der Waals surface area contributed by atoms with Crippen molar-refractivity contribution in [2.24, 2.45) is 5.92 Å². The van der Waals surface area contributed by atoms with Gasteiger partial charge in [0.25, 0.3) is 5.91 Å². The fourth-order valence-corrected chi connectivity index (χ4v) is 4.92. The Morgan fingerprint density at radius 1 is 1.24 bits per heavy atom. The molecule has 1 fully saturated rings. The van der Waals surface area contributed by atoms with E-state index in [1.54, 1.807) is 24.5 Å². The fraction of sp³-hybridized carbons (Fsp3) is 0.407. The molecular formula is C27H29ClN6O4. The van der Waals surface area contributed by atoms with E-state index in [4.69, 9.17) is 26.1 Å². The molecule has 2 amide bonds. The quantitative estimate of drug-likeness (QED) is 0.465. The summed E-state index contributed by atoms with van der Waals surface area (Å²) < 4.78 is 10.6. The summed E-state index contributed by atoms with van der Waals surface area (Å²) in [6.45, 7) is 3.50. The van der Waals surface area contributed by atoms with E-state index in [0.29, 0.717) is 50.9 Å². The molecule has 1 atom stereocenters. The second kappa shape index (κ2) is 11.4. The lowest BCUT2D eigenvalue weighted by molar-refractivity contribution is -0.122. The van der Waals surface area contributed by atoms with E-state index in [-0.39, 0.29) is 30.9 Å². The van der Waals surface area contributed by atoms with E-state index in [1.165, 1.54) is 12.0 Å². The molecule has 0 spiro atoms. The van der Waals surface area contributed by atoms with Gasteiger partial charge in [0.05, 0.1) is 47.4 Å². The molecule has 3 aromatic heterocycles. The Balaban J connectivity index is 1.26. The van der Waals surface area contributed by atoms with Gasteiger partial charge in [0.1, 0.15) is 12.4 Å². The van der Waals surface area contributed by atoms with Crippen LogP contribution in [0.5, 0.6) is 5.88 Å². The van der Waals surface area contributed by atoms with E-state index in [2.05, 4.69) is 20.3 Å². The third kappa shape index (κ3) is 5.76. The van der Waals surface area contributed by atoms with Crippen LogP contribution >= 0.6 is 11.6 Å². The van der Waals surface area contributed by atoms with Crippen LogP contribution in [0.15, 0.2) is 36.7 Å². The highest BCUT2D eigenvalue weighted by Crippen LogP contribution is 2.30. The van der Waals surface area contributed by atoms with Crippen LogP contribution in [0.25, 0.3) is 11.3 Å². The number of ether oxygens (including phenoxy) is 2. The molecular weight excluding hydrogens is 508 g/mol. The number of nitrogens with zero attached hydrogens (tertiary/aromatic N) is 5. The van der Waals surface area contributed by atoms with Gasteiger partial charge < -0.3 is 19.7 Å². The van der Waals surface area contributed by atoms with E-state index in [1.807, 2.05) is 19.1 Å². The maximum Gasteiger partial charge on any atom is 0.256 e. The summed E-state index contributed by atoms with van der Waals surface area (Å²) >= 11 is 6.44. The molecule has 2 aliphatic heterocycles. The van der Waals surface area contributed by atoms with Crippen LogP contribution < -0.4 is 10.1 Å². The minimum absolute atomic E-state index is 0.0949. The Bertz CT molecular complexity index is 1350. The molecule has 1 N–H and O–H groups in total. The van der Waals surface area contributed by atoms with Crippen molar-refractivity contribution in [3.63, 3.8) is 0 Å². The first-order valence-electron chi connectivity index (χ1n) is 12.6. The van der Waals surface area contributed by atoms with Crippen molar-refractivity contribution in [3.8, 4) is 17.1 Å². The average molecular weight is 537 g/mol. The Morgan fingerprint density at radius 3 is 2.84 bits per heavy atom. The molecule has 2 aliphatic rings. The molecule has 1 saturated heterocycles. The first kappa shape index (κ1) is 26.0. The van der Waals surface area contributed by atoms with Crippen LogP contribution in [0, 0.1) is 5.92 Å². The Morgan fingerprint density at radius 2 is 2.05 bits per heavy atom. The van der Waals surface area contributed by atoms with Gasteiger partial charge in [0.15, 0.2) is 0 Å². The number of rotatable bonds is 8. The highest BCUT2D eigenvalue weighted by molar-refractivity contribution is 6.32. The molecule has 5 rings (SSSR count). The number of methoxy groups -OCH3 is 1. The van der Waals surface area contributed by atoms with Crippen LogP contribution in [0.2, 0.25) is 5.02 Å². The molecule has 11 heteroatoms. The van der Waals surface area contributed by atoms with E-state index in [9.17, 15) is 9.59 Å². The van der Waals surface area contributed by atoms with Gasteiger partial charge in [0, 0.05) is 43.7 Å². The van der Waals surface area contributed by atoms with Crippen LogP contribution in [0.3, 0.4) is 0 Å². The summed E-state index contributed by atoms with van der Waals surface area (Å²) in [6, 6.07) is 6.76. The normalized spacial score (nSPS) is 16.3. The van der Waals surface area contributed by atoms with Gasteiger partial charge in [-0.2, -0.15) is 0 Å². The van der Waals surface area contributed by atoms with Crippen LogP contribution in [-0.4, -0.2) is 63.5 Å². The number of aromatic nitrogens is 4. The minimum atomic E-state index is -0.349. The molecule has 5 heterocycles. The summed E-state index contributed by atoms with van der Waals surface area (Å²) in [5, 5.41) is 3.29. The summed E-state index contributed by atoms with van der Waals surface area (Å²) in [5.74, 6) is 1.10. The van der Waals surface area contributed by atoms with Crippen molar-refractivity contribution in [3.05, 3.63) is 64.5 Å². The highest BCUT2D eigenvalue weighted by atomic mass is 35.5. The van der Waals surface area contributed by atoms with Gasteiger partial charge in [-0.25, -0.2) is 15.0 Å². The molecule has 0 radical (unpaired) electrons. The topological polar surface area (TPSA) is 119 Å². The van der Waals surface area contributed by atoms with Gasteiger partial charge in [-0.05, 0) is 37.8 Å². The van der Waals surface area contributed by atoms with Gasteiger partial charge in [0.2, 0.25) is 11.8 Å². The Labute approximate surface area is 225 Å². The molecule has 10 nitrogen and oxygen atoms in total. The monoisotopic (exact) mass is 536 g/mol. The maximum absolute atomic E-state index is 13.2. The van der Waals surface area contributed by atoms with Crippen molar-refractivity contribution in [2.75, 3.05) is 26.9 Å². The van der Waals surface area contributed by atoms with Crippen LogP contribution in [-0.2, 0) is 22.5 Å². The maximum atomic E-state index is 13.2. The Hall–Kier alpha value is -3.63. The molecule has 0 unspecified atom stereocenters. The van der Waals surface area contributed by atoms with Crippen molar-refractivity contribution < 1.29 is 19.1 Å². The highest BCUT2D eigenvalue weighted by Gasteiger charge is 2.31. The number of carbonyl (C=O) groups is 2. The zero-order valence-electron chi connectivity index (χ0n) is 21.3. The molecule has 0 saturated carbocycles. The van der Waals surface area contributed by atoms with Gasteiger partial charge in [-0.1, -0.05) is 17.7 Å². The summed E-state index contributed by atoms with van der Waals surface area (Å²) in [4.78, 5) is 45.4. The van der Waals surface area contributed by atoms with Gasteiger partial charge in [-0.3, -0.25) is 14.6 Å². The summed E-state index contributed by atoms with van der Waals surface area (Å²) in [6.07, 6.45) is 5.97. The molecule has 3 aromatic rings. The van der Waals surface area contributed by atoms with Crippen LogP contribution in [0.4, 0.5) is 0 Å². The number of amides is 2. The zero-order valence-corrected chi connectivity index (χ0v) is 22.1. The van der Waals surface area contributed by atoms with E-state index < -0.39 is 0 Å². The fourth-order valence-electron chi connectivity index (χ4n) is 4.72. The second-order valence-corrected chi connectivity index (χ2v) is 9.92. The molecule has 0 aliphatic carbocycles. The Kier molecular flexibility index (Phi) is 7.80. The predicted octanol–water partition coefficient (Wildman–Crippen LogP) is 3.40. The molecule has 0 aromatic carbocycles.